The average Bonchev–Trinajstić information content (AvgIpc) is 2.80. The van der Waals surface area contributed by atoms with E-state index in [4.69, 9.17) is 9.84 Å². The van der Waals surface area contributed by atoms with E-state index in [2.05, 4.69) is 6.92 Å². The van der Waals surface area contributed by atoms with Gasteiger partial charge in [0.05, 0.1) is 12.2 Å². The lowest BCUT2D eigenvalue weighted by Crippen LogP contribution is -2.05. The number of allylic oxidation sites excluding steroid dienone is 2. The van der Waals surface area contributed by atoms with Crippen LogP contribution in [0.3, 0.4) is 0 Å². The van der Waals surface area contributed by atoms with Crippen LogP contribution >= 0.6 is 0 Å². The van der Waals surface area contributed by atoms with E-state index in [0.29, 0.717) is 23.5 Å². The summed E-state index contributed by atoms with van der Waals surface area (Å²) < 4.78 is 45.3. The Morgan fingerprint density at radius 2 is 1.59 bits per heavy atom. The Balaban J connectivity index is 2.06. The first-order valence-corrected chi connectivity index (χ1v) is 11.8. The summed E-state index contributed by atoms with van der Waals surface area (Å²) in [7, 11) is 0. The highest BCUT2D eigenvalue weighted by atomic mass is 19.4. The van der Waals surface area contributed by atoms with Crippen molar-refractivity contribution < 1.29 is 27.8 Å². The fourth-order valence-corrected chi connectivity index (χ4v) is 3.56. The average molecular weight is 475 g/mol. The van der Waals surface area contributed by atoms with E-state index >= 15 is 0 Å². The van der Waals surface area contributed by atoms with Crippen molar-refractivity contribution in [1.82, 2.24) is 0 Å². The Hall–Kier alpha value is -3.02. The van der Waals surface area contributed by atoms with E-state index in [1.54, 1.807) is 24.3 Å². The topological polar surface area (TPSA) is 46.5 Å². The minimum absolute atomic E-state index is 0.276. The molecule has 2 aromatic rings. The molecular weight excluding hydrogens is 441 g/mol. The van der Waals surface area contributed by atoms with Gasteiger partial charge in [0, 0.05) is 6.08 Å². The maximum Gasteiger partial charge on any atom is 0.416 e. The fourth-order valence-electron chi connectivity index (χ4n) is 3.56. The zero-order valence-electron chi connectivity index (χ0n) is 19.6. The van der Waals surface area contributed by atoms with Crippen molar-refractivity contribution in [1.29, 1.82) is 0 Å². The van der Waals surface area contributed by atoms with Gasteiger partial charge in [0.2, 0.25) is 0 Å². The summed E-state index contributed by atoms with van der Waals surface area (Å²) in [4.78, 5) is 11.0. The maximum atomic E-state index is 13.1. The van der Waals surface area contributed by atoms with Crippen molar-refractivity contribution in [3.63, 3.8) is 0 Å². The third-order valence-electron chi connectivity index (χ3n) is 5.38. The molecule has 0 spiro atoms. The minimum Gasteiger partial charge on any atom is -0.494 e. The van der Waals surface area contributed by atoms with Gasteiger partial charge in [0.15, 0.2) is 0 Å². The smallest absolute Gasteiger partial charge is 0.416 e. The number of hydrogen-bond acceptors (Lipinski definition) is 2. The molecular formula is C28H33F3O3. The quantitative estimate of drug-likeness (QED) is 0.129. The number of carboxylic acid groups (broad SMARTS) is 1. The van der Waals surface area contributed by atoms with E-state index in [1.807, 2.05) is 6.07 Å². The largest absolute Gasteiger partial charge is 0.494 e. The van der Waals surface area contributed by atoms with Crippen LogP contribution in [0.5, 0.6) is 5.75 Å². The SMILES string of the molecule is CCCCCCCCCCOc1cccc(/C=C(/C=C/C(=O)O)c2cccc(C(F)(F)F)c2)c1. The van der Waals surface area contributed by atoms with Crippen molar-refractivity contribution >= 4 is 17.6 Å². The number of alkyl halides is 3. The van der Waals surface area contributed by atoms with E-state index in [0.717, 1.165) is 31.1 Å². The van der Waals surface area contributed by atoms with E-state index in [1.165, 1.54) is 56.7 Å². The molecule has 184 valence electrons. The van der Waals surface area contributed by atoms with Crippen molar-refractivity contribution in [2.45, 2.75) is 64.5 Å². The normalized spacial score (nSPS) is 12.3. The first-order chi connectivity index (χ1) is 16.3. The summed E-state index contributed by atoms with van der Waals surface area (Å²) in [6, 6.07) is 12.1. The van der Waals surface area contributed by atoms with Crippen LogP contribution in [0.15, 0.2) is 60.7 Å². The highest BCUT2D eigenvalue weighted by molar-refractivity contribution is 5.92. The molecule has 0 radical (unpaired) electrons. The fraction of sp³-hybridized carbons (Fsp3) is 0.393. The molecule has 0 atom stereocenters. The number of rotatable bonds is 14. The highest BCUT2D eigenvalue weighted by Crippen LogP contribution is 2.32. The summed E-state index contributed by atoms with van der Waals surface area (Å²) in [5, 5.41) is 9.00. The highest BCUT2D eigenvalue weighted by Gasteiger charge is 2.30. The van der Waals surface area contributed by atoms with Crippen LogP contribution in [-0.4, -0.2) is 17.7 Å². The maximum absolute atomic E-state index is 13.1. The van der Waals surface area contributed by atoms with E-state index < -0.39 is 17.7 Å². The van der Waals surface area contributed by atoms with Crippen LogP contribution in [0.25, 0.3) is 11.6 Å². The summed E-state index contributed by atoms with van der Waals surface area (Å²) in [5.74, 6) is -0.511. The van der Waals surface area contributed by atoms with Crippen molar-refractivity contribution in [3.8, 4) is 5.75 Å². The molecule has 0 aromatic heterocycles. The van der Waals surface area contributed by atoms with Crippen molar-refractivity contribution in [3.05, 3.63) is 77.4 Å². The van der Waals surface area contributed by atoms with Gasteiger partial charge in [-0.2, -0.15) is 13.2 Å². The summed E-state index contributed by atoms with van der Waals surface area (Å²) in [6.45, 7) is 2.81. The third kappa shape index (κ3) is 10.3. The number of halogens is 3. The van der Waals surface area contributed by atoms with Crippen LogP contribution in [0.4, 0.5) is 13.2 Å². The Labute approximate surface area is 200 Å². The van der Waals surface area contributed by atoms with Gasteiger partial charge in [-0.3, -0.25) is 0 Å². The first-order valence-electron chi connectivity index (χ1n) is 11.8. The summed E-state index contributed by atoms with van der Waals surface area (Å²) >= 11 is 0. The summed E-state index contributed by atoms with van der Waals surface area (Å²) in [6.07, 6.45) is 9.05. The predicted octanol–water partition coefficient (Wildman–Crippen LogP) is 8.41. The molecule has 6 heteroatoms. The van der Waals surface area contributed by atoms with E-state index in [9.17, 15) is 18.0 Å². The van der Waals surface area contributed by atoms with Crippen LogP contribution in [-0.2, 0) is 11.0 Å². The third-order valence-corrected chi connectivity index (χ3v) is 5.38. The van der Waals surface area contributed by atoms with Crippen LogP contribution in [0.2, 0.25) is 0 Å². The second kappa shape index (κ2) is 14.3. The Kier molecular flexibility index (Phi) is 11.4. The van der Waals surface area contributed by atoms with Crippen LogP contribution in [0.1, 0.15) is 75.0 Å². The number of ether oxygens (including phenoxy) is 1. The lowest BCUT2D eigenvalue weighted by atomic mass is 10.00. The summed E-state index contributed by atoms with van der Waals surface area (Å²) in [5.41, 5.74) is 0.546. The van der Waals surface area contributed by atoms with Gasteiger partial charge in [-0.15, -0.1) is 0 Å². The molecule has 0 bridgehead atoms. The second-order valence-electron chi connectivity index (χ2n) is 8.25. The molecule has 2 aromatic carbocycles. The molecule has 3 nitrogen and oxygen atoms in total. The lowest BCUT2D eigenvalue weighted by molar-refractivity contribution is -0.137. The Bertz CT molecular complexity index is 961. The Morgan fingerprint density at radius 3 is 2.26 bits per heavy atom. The van der Waals surface area contributed by atoms with Crippen molar-refractivity contribution in [2.24, 2.45) is 0 Å². The number of unbranched alkanes of at least 4 members (excludes halogenated alkanes) is 7. The standard InChI is InChI=1S/C28H33F3O3/c1-2-3-4-5-6-7-8-9-18-34-26-15-10-12-22(20-26)19-24(16-17-27(32)33)23-13-11-14-25(21-23)28(29,30)31/h10-17,19-21H,2-9,18H2,1H3,(H,32,33)/b17-16+,24-19-. The van der Waals surface area contributed by atoms with Crippen molar-refractivity contribution in [2.75, 3.05) is 6.61 Å². The minimum atomic E-state index is -4.49. The number of carboxylic acids is 1. The molecule has 0 amide bonds. The van der Waals surface area contributed by atoms with Gasteiger partial charge in [-0.05, 0) is 59.5 Å². The first kappa shape index (κ1) is 27.2. The number of aliphatic carboxylic acids is 1. The molecule has 0 aliphatic heterocycles. The van der Waals surface area contributed by atoms with Gasteiger partial charge in [-0.1, -0.05) is 76.1 Å². The zero-order valence-corrected chi connectivity index (χ0v) is 19.6. The molecule has 0 saturated heterocycles. The number of benzene rings is 2. The Morgan fingerprint density at radius 1 is 0.912 bits per heavy atom. The lowest BCUT2D eigenvalue weighted by Gasteiger charge is -2.10. The zero-order chi connectivity index (χ0) is 24.8. The van der Waals surface area contributed by atoms with Gasteiger partial charge in [-0.25, -0.2) is 4.79 Å². The van der Waals surface area contributed by atoms with Gasteiger partial charge in [0.1, 0.15) is 5.75 Å². The molecule has 0 fully saturated rings. The molecule has 1 N–H and O–H groups in total. The van der Waals surface area contributed by atoms with Gasteiger partial charge >= 0.3 is 12.1 Å². The molecule has 0 unspecified atom stereocenters. The molecule has 34 heavy (non-hydrogen) atoms. The monoisotopic (exact) mass is 474 g/mol. The molecule has 0 saturated carbocycles. The van der Waals surface area contributed by atoms with Gasteiger partial charge in [0.25, 0.3) is 0 Å². The molecule has 0 heterocycles. The predicted molar refractivity (Wildman–Crippen MR) is 131 cm³/mol. The van der Waals surface area contributed by atoms with Gasteiger partial charge < -0.3 is 9.84 Å². The molecule has 0 aliphatic carbocycles. The molecule has 0 aliphatic rings. The van der Waals surface area contributed by atoms with E-state index in [-0.39, 0.29) is 5.56 Å². The number of hydrogen-bond donors (Lipinski definition) is 1. The van der Waals surface area contributed by atoms with Crippen LogP contribution in [0, 0.1) is 0 Å². The number of carbonyl (C=O) groups is 1. The molecule has 2 rings (SSSR count). The van der Waals surface area contributed by atoms with Crippen LogP contribution < -0.4 is 4.74 Å². The second-order valence-corrected chi connectivity index (χ2v) is 8.25.